The highest BCUT2D eigenvalue weighted by molar-refractivity contribution is 5.84. The van der Waals surface area contributed by atoms with Crippen molar-refractivity contribution in [1.29, 1.82) is 0 Å². The van der Waals surface area contributed by atoms with Gasteiger partial charge < -0.3 is 19.9 Å². The fraction of sp³-hybridized carbons (Fsp3) is 0.318. The predicted octanol–water partition coefficient (Wildman–Crippen LogP) is 1.72. The predicted molar refractivity (Wildman–Crippen MR) is 111 cm³/mol. The molecular formula is C22H24N4O3. The van der Waals surface area contributed by atoms with Gasteiger partial charge in [0.2, 0.25) is 5.91 Å². The molecule has 7 nitrogen and oxygen atoms in total. The van der Waals surface area contributed by atoms with Gasteiger partial charge in [0, 0.05) is 20.1 Å². The molecule has 3 aromatic rings. The summed E-state index contributed by atoms with van der Waals surface area (Å²) in [5.74, 6) is 1.30. The second kappa shape index (κ2) is 7.67. The van der Waals surface area contributed by atoms with E-state index in [1.807, 2.05) is 30.3 Å². The molecule has 1 aliphatic rings. The molecule has 4 rings (SSSR count). The number of H-pyrrole nitrogens is 1. The molecule has 1 amide bonds. The average molecular weight is 392 g/mol. The molecule has 1 saturated heterocycles. The largest absolute Gasteiger partial charge is 0.497 e. The van der Waals surface area contributed by atoms with Gasteiger partial charge >= 0.3 is 0 Å². The molecule has 0 atom stereocenters. The molecule has 2 aromatic carbocycles. The third-order valence-electron chi connectivity index (χ3n) is 5.45. The number of aromatic amines is 1. The number of hydrogen-bond acceptors (Lipinski definition) is 5. The van der Waals surface area contributed by atoms with Crippen molar-refractivity contribution in [2.45, 2.75) is 13.0 Å². The molecule has 0 bridgehead atoms. The van der Waals surface area contributed by atoms with Crippen molar-refractivity contribution in [3.63, 3.8) is 0 Å². The Labute approximate surface area is 168 Å². The summed E-state index contributed by atoms with van der Waals surface area (Å²) >= 11 is 0. The number of rotatable bonds is 6. The number of methoxy groups -OCH3 is 1. The molecule has 0 saturated carbocycles. The van der Waals surface area contributed by atoms with Crippen LogP contribution in [-0.2, 0) is 17.8 Å². The van der Waals surface area contributed by atoms with E-state index in [9.17, 15) is 9.59 Å². The number of aromatic nitrogens is 2. The lowest BCUT2D eigenvalue weighted by molar-refractivity contribution is -0.144. The molecule has 1 fully saturated rings. The molecule has 150 valence electrons. The molecular weight excluding hydrogens is 368 g/mol. The SMILES string of the molecule is COc1cccc(CC2(C(=O)N(C)Cc3nc4ccccc4c(=O)[nH]3)CNC2)c1. The summed E-state index contributed by atoms with van der Waals surface area (Å²) in [7, 11) is 3.39. The minimum absolute atomic E-state index is 0.0369. The van der Waals surface area contributed by atoms with Crippen molar-refractivity contribution in [1.82, 2.24) is 20.2 Å². The van der Waals surface area contributed by atoms with E-state index in [0.717, 1.165) is 11.3 Å². The van der Waals surface area contributed by atoms with E-state index in [1.54, 1.807) is 37.3 Å². The second-order valence-corrected chi connectivity index (χ2v) is 7.60. The first-order chi connectivity index (χ1) is 14.0. The van der Waals surface area contributed by atoms with E-state index in [2.05, 4.69) is 15.3 Å². The second-order valence-electron chi connectivity index (χ2n) is 7.60. The monoisotopic (exact) mass is 392 g/mol. The average Bonchev–Trinajstić information content (AvgIpc) is 2.70. The quantitative estimate of drug-likeness (QED) is 0.667. The van der Waals surface area contributed by atoms with Crippen molar-refractivity contribution in [2.75, 3.05) is 27.2 Å². The summed E-state index contributed by atoms with van der Waals surface area (Å²) < 4.78 is 5.30. The fourth-order valence-electron chi connectivity index (χ4n) is 3.86. The number of amides is 1. The Balaban J connectivity index is 1.54. The van der Waals surface area contributed by atoms with Gasteiger partial charge in [-0.15, -0.1) is 0 Å². The van der Waals surface area contributed by atoms with Crippen LogP contribution in [0.15, 0.2) is 53.3 Å². The van der Waals surface area contributed by atoms with Crippen LogP contribution >= 0.6 is 0 Å². The Kier molecular flexibility index (Phi) is 5.07. The van der Waals surface area contributed by atoms with Gasteiger partial charge in [0.15, 0.2) is 0 Å². The molecule has 0 spiro atoms. The van der Waals surface area contributed by atoms with Gasteiger partial charge in [-0.25, -0.2) is 4.98 Å². The summed E-state index contributed by atoms with van der Waals surface area (Å²) in [5, 5.41) is 3.78. The molecule has 1 aliphatic heterocycles. The molecule has 0 aliphatic carbocycles. The molecule has 2 heterocycles. The first kappa shape index (κ1) is 19.1. The molecule has 0 unspecified atom stereocenters. The zero-order valence-electron chi connectivity index (χ0n) is 16.6. The molecule has 2 N–H and O–H groups in total. The van der Waals surface area contributed by atoms with E-state index in [1.165, 1.54) is 0 Å². The third kappa shape index (κ3) is 3.73. The maximum atomic E-state index is 13.3. The molecule has 0 radical (unpaired) electrons. The number of carbonyl (C=O) groups excluding carboxylic acids is 1. The Hall–Kier alpha value is -3.19. The standard InChI is InChI=1S/C22H24N4O3/c1-26(12-19-24-18-9-4-3-8-17(18)20(27)25-19)21(28)22(13-23-14-22)11-15-6-5-7-16(10-15)29-2/h3-10,23H,11-14H2,1-2H3,(H,24,25,27). The summed E-state index contributed by atoms with van der Waals surface area (Å²) in [6.07, 6.45) is 0.627. The minimum Gasteiger partial charge on any atom is -0.497 e. The van der Waals surface area contributed by atoms with Crippen LogP contribution < -0.4 is 15.6 Å². The van der Waals surface area contributed by atoms with Gasteiger partial charge in [-0.05, 0) is 36.2 Å². The van der Waals surface area contributed by atoms with Crippen LogP contribution in [-0.4, -0.2) is 48.0 Å². The van der Waals surface area contributed by atoms with E-state index in [0.29, 0.717) is 36.2 Å². The highest BCUT2D eigenvalue weighted by Crippen LogP contribution is 2.31. The number of nitrogens with one attached hydrogen (secondary N) is 2. The van der Waals surface area contributed by atoms with Crippen molar-refractivity contribution in [3.05, 3.63) is 70.3 Å². The van der Waals surface area contributed by atoms with Crippen molar-refractivity contribution < 1.29 is 9.53 Å². The van der Waals surface area contributed by atoms with Gasteiger partial charge in [0.1, 0.15) is 11.6 Å². The topological polar surface area (TPSA) is 87.3 Å². The van der Waals surface area contributed by atoms with Crippen LogP contribution in [0, 0.1) is 5.41 Å². The normalized spacial score (nSPS) is 15.0. The van der Waals surface area contributed by atoms with Crippen LogP contribution in [0.2, 0.25) is 0 Å². The Morgan fingerprint density at radius 3 is 2.72 bits per heavy atom. The zero-order valence-corrected chi connectivity index (χ0v) is 16.6. The van der Waals surface area contributed by atoms with E-state index >= 15 is 0 Å². The Morgan fingerprint density at radius 1 is 1.21 bits per heavy atom. The van der Waals surface area contributed by atoms with Gasteiger partial charge in [0.05, 0.1) is 30.0 Å². The van der Waals surface area contributed by atoms with Gasteiger partial charge in [-0.1, -0.05) is 24.3 Å². The Bertz CT molecular complexity index is 1100. The summed E-state index contributed by atoms with van der Waals surface area (Å²) in [5.41, 5.74) is 0.995. The van der Waals surface area contributed by atoms with Crippen LogP contribution in [0.25, 0.3) is 10.9 Å². The molecule has 7 heteroatoms. The third-order valence-corrected chi connectivity index (χ3v) is 5.45. The summed E-state index contributed by atoms with van der Waals surface area (Å²) in [4.78, 5) is 34.5. The van der Waals surface area contributed by atoms with E-state index in [-0.39, 0.29) is 18.0 Å². The van der Waals surface area contributed by atoms with E-state index in [4.69, 9.17) is 4.74 Å². The van der Waals surface area contributed by atoms with Gasteiger partial charge in [-0.3, -0.25) is 9.59 Å². The van der Waals surface area contributed by atoms with Crippen molar-refractivity contribution in [2.24, 2.45) is 5.41 Å². The number of fused-ring (bicyclic) bond motifs is 1. The fourth-order valence-corrected chi connectivity index (χ4v) is 3.86. The number of nitrogens with zero attached hydrogens (tertiary/aromatic N) is 2. The van der Waals surface area contributed by atoms with Gasteiger partial charge in [-0.2, -0.15) is 0 Å². The number of carbonyl (C=O) groups is 1. The minimum atomic E-state index is -0.502. The van der Waals surface area contributed by atoms with Crippen LogP contribution in [0.3, 0.4) is 0 Å². The number of hydrogen-bond donors (Lipinski definition) is 2. The summed E-state index contributed by atoms with van der Waals surface area (Å²) in [6, 6.07) is 15.0. The molecule has 1 aromatic heterocycles. The van der Waals surface area contributed by atoms with Crippen LogP contribution in [0.4, 0.5) is 0 Å². The summed E-state index contributed by atoms with van der Waals surface area (Å²) in [6.45, 7) is 1.49. The van der Waals surface area contributed by atoms with Crippen molar-refractivity contribution in [3.8, 4) is 5.75 Å². The maximum absolute atomic E-state index is 13.3. The van der Waals surface area contributed by atoms with Crippen LogP contribution in [0.5, 0.6) is 5.75 Å². The first-order valence-electron chi connectivity index (χ1n) is 9.58. The first-order valence-corrected chi connectivity index (χ1v) is 9.58. The van der Waals surface area contributed by atoms with Crippen LogP contribution in [0.1, 0.15) is 11.4 Å². The smallest absolute Gasteiger partial charge is 0.258 e. The maximum Gasteiger partial charge on any atom is 0.258 e. The number of ether oxygens (including phenoxy) is 1. The van der Waals surface area contributed by atoms with Crippen molar-refractivity contribution >= 4 is 16.8 Å². The molecule has 29 heavy (non-hydrogen) atoms. The lowest BCUT2D eigenvalue weighted by Gasteiger charge is -2.43. The number of benzene rings is 2. The zero-order chi connectivity index (χ0) is 20.4. The Morgan fingerprint density at radius 2 is 2.00 bits per heavy atom. The lowest BCUT2D eigenvalue weighted by atomic mass is 9.75. The number of para-hydroxylation sites is 1. The van der Waals surface area contributed by atoms with Gasteiger partial charge in [0.25, 0.3) is 5.56 Å². The van der Waals surface area contributed by atoms with E-state index < -0.39 is 5.41 Å². The highest BCUT2D eigenvalue weighted by Gasteiger charge is 2.45. The lowest BCUT2D eigenvalue weighted by Crippen LogP contribution is -2.62. The highest BCUT2D eigenvalue weighted by atomic mass is 16.5.